The summed E-state index contributed by atoms with van der Waals surface area (Å²) >= 11 is 0. The van der Waals surface area contributed by atoms with E-state index in [0.29, 0.717) is 16.7 Å². The summed E-state index contributed by atoms with van der Waals surface area (Å²) in [6, 6.07) is 13.0. The molecule has 2 N–H and O–H groups in total. The molecule has 1 aromatic heterocycles. The number of amides is 1. The van der Waals surface area contributed by atoms with Gasteiger partial charge in [0.05, 0.1) is 6.04 Å². The van der Waals surface area contributed by atoms with Crippen LogP contribution in [0.5, 0.6) is 0 Å². The van der Waals surface area contributed by atoms with Gasteiger partial charge in [0.2, 0.25) is 0 Å². The summed E-state index contributed by atoms with van der Waals surface area (Å²) in [6.07, 6.45) is 5.91. The lowest BCUT2D eigenvalue weighted by Gasteiger charge is -2.26. The predicted molar refractivity (Wildman–Crippen MR) is 100 cm³/mol. The van der Waals surface area contributed by atoms with Crippen LogP contribution in [0.15, 0.2) is 60.9 Å². The number of H-pyrrole nitrogens is 1. The summed E-state index contributed by atoms with van der Waals surface area (Å²) in [4.78, 5) is 27.8. The molecule has 5 heteroatoms. The average molecular weight is 362 g/mol. The van der Waals surface area contributed by atoms with Crippen LogP contribution in [0, 0.1) is 5.82 Å². The van der Waals surface area contributed by atoms with Crippen LogP contribution in [0.25, 0.3) is 0 Å². The Kier molecular flexibility index (Phi) is 4.59. The van der Waals surface area contributed by atoms with Crippen LogP contribution in [0.1, 0.15) is 56.3 Å². The largest absolute Gasteiger partial charge is 0.367 e. The number of carbonyl (C=O) groups is 2. The van der Waals surface area contributed by atoms with Crippen LogP contribution in [0.4, 0.5) is 4.39 Å². The number of aromatic nitrogens is 1. The van der Waals surface area contributed by atoms with Gasteiger partial charge in [-0.2, -0.15) is 0 Å². The third-order valence-corrected chi connectivity index (χ3v) is 4.99. The van der Waals surface area contributed by atoms with E-state index in [1.54, 1.807) is 54.9 Å². The second-order valence-corrected chi connectivity index (χ2v) is 6.77. The van der Waals surface area contributed by atoms with E-state index in [2.05, 4.69) is 10.3 Å². The van der Waals surface area contributed by atoms with Crippen molar-refractivity contribution in [3.8, 4) is 0 Å². The van der Waals surface area contributed by atoms with E-state index in [9.17, 15) is 14.0 Å². The first-order valence-electron chi connectivity index (χ1n) is 8.98. The molecule has 0 bridgehead atoms. The first kappa shape index (κ1) is 17.2. The van der Waals surface area contributed by atoms with Gasteiger partial charge in [-0.15, -0.1) is 0 Å². The average Bonchev–Trinajstić information content (AvgIpc) is 3.22. The second kappa shape index (κ2) is 7.19. The standard InChI is InChI=1S/C22H19FN2O2/c23-18-8-9-19-16(12-18)2-1-3-20(19)25-22(27)15-6-4-14(5-7-15)21(26)17-10-11-24-13-17/h4-13,20,24H,1-3H2,(H,25,27). The summed E-state index contributed by atoms with van der Waals surface area (Å²) in [5, 5.41) is 3.04. The Morgan fingerprint density at radius 3 is 2.52 bits per heavy atom. The van der Waals surface area contributed by atoms with E-state index >= 15 is 0 Å². The van der Waals surface area contributed by atoms with E-state index in [1.165, 1.54) is 6.07 Å². The molecule has 1 unspecified atom stereocenters. The number of halogens is 1. The van der Waals surface area contributed by atoms with E-state index in [1.807, 2.05) is 0 Å². The number of carbonyl (C=O) groups excluding carboxylic acids is 2. The molecule has 1 aliphatic rings. The number of rotatable bonds is 4. The summed E-state index contributed by atoms with van der Waals surface area (Å²) in [5.74, 6) is -0.535. The lowest BCUT2D eigenvalue weighted by molar-refractivity contribution is 0.0931. The molecule has 3 aromatic rings. The molecule has 0 saturated carbocycles. The van der Waals surface area contributed by atoms with Crippen molar-refractivity contribution in [2.75, 3.05) is 0 Å². The molecular weight excluding hydrogens is 343 g/mol. The van der Waals surface area contributed by atoms with Crippen LogP contribution in [-0.4, -0.2) is 16.7 Å². The van der Waals surface area contributed by atoms with Crippen LogP contribution in [-0.2, 0) is 6.42 Å². The zero-order valence-corrected chi connectivity index (χ0v) is 14.7. The van der Waals surface area contributed by atoms with Crippen molar-refractivity contribution in [2.24, 2.45) is 0 Å². The van der Waals surface area contributed by atoms with Crippen molar-refractivity contribution in [1.29, 1.82) is 0 Å². The molecule has 1 aliphatic carbocycles. The van der Waals surface area contributed by atoms with Gasteiger partial charge in [0.25, 0.3) is 5.91 Å². The molecule has 0 saturated heterocycles. The fraction of sp³-hybridized carbons (Fsp3) is 0.182. The minimum atomic E-state index is -0.247. The summed E-state index contributed by atoms with van der Waals surface area (Å²) in [5.41, 5.74) is 3.55. The van der Waals surface area contributed by atoms with Crippen LogP contribution >= 0.6 is 0 Å². The van der Waals surface area contributed by atoms with Gasteiger partial charge in [0, 0.05) is 29.1 Å². The summed E-state index contributed by atoms with van der Waals surface area (Å²) < 4.78 is 13.4. The number of aryl methyl sites for hydroxylation is 1. The number of fused-ring (bicyclic) bond motifs is 1. The maximum atomic E-state index is 13.4. The Balaban J connectivity index is 1.49. The van der Waals surface area contributed by atoms with Crippen molar-refractivity contribution < 1.29 is 14.0 Å². The van der Waals surface area contributed by atoms with Gasteiger partial charge in [-0.05, 0) is 60.7 Å². The van der Waals surface area contributed by atoms with Crippen LogP contribution < -0.4 is 5.32 Å². The highest BCUT2D eigenvalue weighted by molar-refractivity contribution is 6.09. The first-order chi connectivity index (χ1) is 13.1. The van der Waals surface area contributed by atoms with E-state index < -0.39 is 0 Å². The lowest BCUT2D eigenvalue weighted by atomic mass is 9.87. The zero-order chi connectivity index (χ0) is 18.8. The third kappa shape index (κ3) is 3.53. The zero-order valence-electron chi connectivity index (χ0n) is 14.7. The minimum Gasteiger partial charge on any atom is -0.367 e. The molecular formula is C22H19FN2O2. The Morgan fingerprint density at radius 2 is 1.78 bits per heavy atom. The molecule has 27 heavy (non-hydrogen) atoms. The molecule has 4 nitrogen and oxygen atoms in total. The Hall–Kier alpha value is -3.21. The molecule has 1 heterocycles. The van der Waals surface area contributed by atoms with Crippen molar-refractivity contribution in [1.82, 2.24) is 10.3 Å². The van der Waals surface area contributed by atoms with Gasteiger partial charge in [0.15, 0.2) is 5.78 Å². The Morgan fingerprint density at radius 1 is 1.00 bits per heavy atom. The topological polar surface area (TPSA) is 62.0 Å². The quantitative estimate of drug-likeness (QED) is 0.684. The van der Waals surface area contributed by atoms with Crippen LogP contribution in [0.2, 0.25) is 0 Å². The fourth-order valence-corrected chi connectivity index (χ4v) is 3.58. The Bertz CT molecular complexity index is 978. The number of aromatic amines is 1. The number of ketones is 1. The van der Waals surface area contributed by atoms with Gasteiger partial charge in [-0.25, -0.2) is 4.39 Å². The maximum Gasteiger partial charge on any atom is 0.251 e. The van der Waals surface area contributed by atoms with E-state index in [0.717, 1.165) is 30.4 Å². The number of hydrogen-bond acceptors (Lipinski definition) is 2. The molecule has 2 aromatic carbocycles. The van der Waals surface area contributed by atoms with Gasteiger partial charge in [0.1, 0.15) is 5.82 Å². The smallest absolute Gasteiger partial charge is 0.251 e. The molecule has 0 aliphatic heterocycles. The number of nitrogens with one attached hydrogen (secondary N) is 2. The molecule has 4 rings (SSSR count). The second-order valence-electron chi connectivity index (χ2n) is 6.77. The van der Waals surface area contributed by atoms with Gasteiger partial charge in [-0.3, -0.25) is 9.59 Å². The Labute approximate surface area is 156 Å². The monoisotopic (exact) mass is 362 g/mol. The first-order valence-corrected chi connectivity index (χ1v) is 8.98. The van der Waals surface area contributed by atoms with Crippen LogP contribution in [0.3, 0.4) is 0 Å². The minimum absolute atomic E-state index is 0.0913. The van der Waals surface area contributed by atoms with Gasteiger partial charge >= 0.3 is 0 Å². The predicted octanol–water partition coefficient (Wildman–Crippen LogP) is 4.19. The van der Waals surface area contributed by atoms with Crippen molar-refractivity contribution in [3.05, 3.63) is 94.6 Å². The third-order valence-electron chi connectivity index (χ3n) is 4.99. The number of benzene rings is 2. The SMILES string of the molecule is O=C(NC1CCCc2cc(F)ccc21)c1ccc(C(=O)c2cc[nH]c2)cc1. The summed E-state index contributed by atoms with van der Waals surface area (Å²) in [7, 11) is 0. The van der Waals surface area contributed by atoms with E-state index in [4.69, 9.17) is 0 Å². The molecule has 1 atom stereocenters. The maximum absolute atomic E-state index is 13.4. The lowest BCUT2D eigenvalue weighted by Crippen LogP contribution is -2.31. The fourth-order valence-electron chi connectivity index (χ4n) is 3.58. The van der Waals surface area contributed by atoms with E-state index in [-0.39, 0.29) is 23.5 Å². The molecule has 1 amide bonds. The number of hydrogen-bond donors (Lipinski definition) is 2. The molecule has 0 radical (unpaired) electrons. The van der Waals surface area contributed by atoms with Gasteiger partial charge in [-0.1, -0.05) is 18.2 Å². The summed E-state index contributed by atoms with van der Waals surface area (Å²) in [6.45, 7) is 0. The highest BCUT2D eigenvalue weighted by atomic mass is 19.1. The normalized spacial score (nSPS) is 15.8. The highest BCUT2D eigenvalue weighted by Crippen LogP contribution is 2.30. The van der Waals surface area contributed by atoms with Crippen molar-refractivity contribution in [3.63, 3.8) is 0 Å². The van der Waals surface area contributed by atoms with Crippen molar-refractivity contribution in [2.45, 2.75) is 25.3 Å². The molecule has 0 spiro atoms. The van der Waals surface area contributed by atoms with Gasteiger partial charge < -0.3 is 10.3 Å². The van der Waals surface area contributed by atoms with Crippen molar-refractivity contribution >= 4 is 11.7 Å². The molecule has 0 fully saturated rings. The molecule has 136 valence electrons. The highest BCUT2D eigenvalue weighted by Gasteiger charge is 2.22.